The van der Waals surface area contributed by atoms with Crippen molar-refractivity contribution in [2.45, 2.75) is 52.6 Å². The van der Waals surface area contributed by atoms with Crippen LogP contribution in [0.4, 0.5) is 0 Å². The van der Waals surface area contributed by atoms with Crippen LogP contribution in [0.5, 0.6) is 0 Å². The van der Waals surface area contributed by atoms with E-state index in [0.29, 0.717) is 0 Å². The molecule has 108 valence electrons. The molecular weight excluding hydrogens is 248 g/mol. The Morgan fingerprint density at radius 1 is 1.20 bits per heavy atom. The Balaban J connectivity index is 2.53. The molecule has 0 aliphatic rings. The van der Waals surface area contributed by atoms with E-state index in [1.807, 2.05) is 24.5 Å². The number of pyridine rings is 1. The van der Waals surface area contributed by atoms with Gasteiger partial charge in [-0.3, -0.25) is 9.67 Å². The van der Waals surface area contributed by atoms with Gasteiger partial charge in [-0.15, -0.1) is 0 Å². The summed E-state index contributed by atoms with van der Waals surface area (Å²) in [5.74, 6) is 0. The number of hydrogen-bond acceptors (Lipinski definition) is 3. The summed E-state index contributed by atoms with van der Waals surface area (Å²) >= 11 is 0. The Kier molecular flexibility index (Phi) is 4.55. The van der Waals surface area contributed by atoms with Crippen molar-refractivity contribution in [2.24, 2.45) is 5.73 Å². The molecule has 2 atom stereocenters. The van der Waals surface area contributed by atoms with E-state index in [4.69, 9.17) is 10.8 Å². The fourth-order valence-electron chi connectivity index (χ4n) is 2.83. The SMILES string of the molecule is CCc1c(C)nn(C(c2ccncc2)C(N)CC)c1C. The van der Waals surface area contributed by atoms with Crippen LogP contribution in [0.2, 0.25) is 0 Å². The zero-order valence-electron chi connectivity index (χ0n) is 12.8. The fourth-order valence-corrected chi connectivity index (χ4v) is 2.83. The Hall–Kier alpha value is -1.68. The maximum Gasteiger partial charge on any atom is 0.0923 e. The van der Waals surface area contributed by atoms with Crippen LogP contribution >= 0.6 is 0 Å². The average Bonchev–Trinajstić information content (AvgIpc) is 2.74. The number of hydrogen-bond donors (Lipinski definition) is 1. The van der Waals surface area contributed by atoms with Crippen molar-refractivity contribution >= 4 is 0 Å². The first-order valence-corrected chi connectivity index (χ1v) is 7.30. The lowest BCUT2D eigenvalue weighted by atomic mass is 9.98. The predicted molar refractivity (Wildman–Crippen MR) is 81.7 cm³/mol. The smallest absolute Gasteiger partial charge is 0.0923 e. The first kappa shape index (κ1) is 14.7. The third-order valence-corrected chi connectivity index (χ3v) is 4.02. The third kappa shape index (κ3) is 2.61. The van der Waals surface area contributed by atoms with Crippen LogP contribution in [0, 0.1) is 13.8 Å². The van der Waals surface area contributed by atoms with Crippen LogP contribution in [0.25, 0.3) is 0 Å². The second-order valence-electron chi connectivity index (χ2n) is 5.24. The Labute approximate surface area is 121 Å². The molecule has 0 saturated heterocycles. The molecule has 4 heteroatoms. The van der Waals surface area contributed by atoms with Gasteiger partial charge in [0.2, 0.25) is 0 Å². The second kappa shape index (κ2) is 6.18. The van der Waals surface area contributed by atoms with E-state index in [1.165, 1.54) is 16.8 Å². The lowest BCUT2D eigenvalue weighted by Gasteiger charge is -2.25. The van der Waals surface area contributed by atoms with E-state index < -0.39 is 0 Å². The maximum absolute atomic E-state index is 6.37. The van der Waals surface area contributed by atoms with E-state index in [1.54, 1.807) is 0 Å². The Morgan fingerprint density at radius 2 is 1.85 bits per heavy atom. The van der Waals surface area contributed by atoms with Gasteiger partial charge in [0, 0.05) is 24.1 Å². The molecule has 0 saturated carbocycles. The minimum absolute atomic E-state index is 0.0418. The summed E-state index contributed by atoms with van der Waals surface area (Å²) in [4.78, 5) is 4.10. The molecule has 0 aliphatic heterocycles. The van der Waals surface area contributed by atoms with Gasteiger partial charge in [0.25, 0.3) is 0 Å². The molecule has 0 spiro atoms. The highest BCUT2D eigenvalue weighted by molar-refractivity contribution is 5.28. The molecule has 2 N–H and O–H groups in total. The average molecular weight is 272 g/mol. The highest BCUT2D eigenvalue weighted by atomic mass is 15.3. The van der Waals surface area contributed by atoms with Crippen molar-refractivity contribution in [2.75, 3.05) is 0 Å². The molecular formula is C16H24N4. The van der Waals surface area contributed by atoms with Crippen molar-refractivity contribution in [3.8, 4) is 0 Å². The van der Waals surface area contributed by atoms with E-state index in [2.05, 4.69) is 37.4 Å². The minimum Gasteiger partial charge on any atom is -0.326 e. The molecule has 20 heavy (non-hydrogen) atoms. The third-order valence-electron chi connectivity index (χ3n) is 4.02. The summed E-state index contributed by atoms with van der Waals surface area (Å²) in [6, 6.07) is 4.17. The lowest BCUT2D eigenvalue weighted by molar-refractivity contribution is 0.415. The zero-order valence-corrected chi connectivity index (χ0v) is 12.8. The highest BCUT2D eigenvalue weighted by Crippen LogP contribution is 2.26. The summed E-state index contributed by atoms with van der Waals surface area (Å²) in [5, 5.41) is 4.74. The number of aryl methyl sites for hydroxylation is 1. The molecule has 0 radical (unpaired) electrons. The van der Waals surface area contributed by atoms with Gasteiger partial charge in [0.15, 0.2) is 0 Å². The van der Waals surface area contributed by atoms with Crippen molar-refractivity contribution in [1.29, 1.82) is 0 Å². The topological polar surface area (TPSA) is 56.7 Å². The quantitative estimate of drug-likeness (QED) is 0.910. The molecule has 0 aromatic carbocycles. The summed E-state index contributed by atoms with van der Waals surface area (Å²) in [6.07, 6.45) is 5.54. The van der Waals surface area contributed by atoms with Crippen molar-refractivity contribution in [1.82, 2.24) is 14.8 Å². The molecule has 4 nitrogen and oxygen atoms in total. The molecule has 0 fully saturated rings. The van der Waals surface area contributed by atoms with E-state index in [0.717, 1.165) is 18.5 Å². The first-order chi connectivity index (χ1) is 9.60. The summed E-state index contributed by atoms with van der Waals surface area (Å²) < 4.78 is 2.09. The predicted octanol–water partition coefficient (Wildman–Crippen LogP) is 2.78. The van der Waals surface area contributed by atoms with Crippen LogP contribution in [0.15, 0.2) is 24.5 Å². The molecule has 2 rings (SSSR count). The van der Waals surface area contributed by atoms with Crippen LogP contribution < -0.4 is 5.73 Å². The summed E-state index contributed by atoms with van der Waals surface area (Å²) in [6.45, 7) is 8.49. The van der Waals surface area contributed by atoms with Gasteiger partial charge >= 0.3 is 0 Å². The second-order valence-corrected chi connectivity index (χ2v) is 5.24. The molecule has 2 aromatic heterocycles. The van der Waals surface area contributed by atoms with Crippen molar-refractivity contribution in [3.05, 3.63) is 47.0 Å². The van der Waals surface area contributed by atoms with Crippen LogP contribution in [-0.2, 0) is 6.42 Å². The number of nitrogens with zero attached hydrogens (tertiary/aromatic N) is 3. The van der Waals surface area contributed by atoms with Gasteiger partial charge in [-0.2, -0.15) is 5.10 Å². The van der Waals surface area contributed by atoms with Gasteiger partial charge < -0.3 is 5.73 Å². The van der Waals surface area contributed by atoms with E-state index in [9.17, 15) is 0 Å². The number of rotatable bonds is 5. The lowest BCUT2D eigenvalue weighted by Crippen LogP contribution is -2.33. The molecule has 0 amide bonds. The maximum atomic E-state index is 6.37. The first-order valence-electron chi connectivity index (χ1n) is 7.30. The van der Waals surface area contributed by atoms with E-state index in [-0.39, 0.29) is 12.1 Å². The normalized spacial score (nSPS) is 14.2. The molecule has 2 heterocycles. The van der Waals surface area contributed by atoms with Crippen molar-refractivity contribution in [3.63, 3.8) is 0 Å². The van der Waals surface area contributed by atoms with Crippen LogP contribution in [0.1, 0.15) is 48.8 Å². The van der Waals surface area contributed by atoms with Gasteiger partial charge in [-0.1, -0.05) is 13.8 Å². The molecule has 0 bridgehead atoms. The molecule has 2 unspecified atom stereocenters. The van der Waals surface area contributed by atoms with Crippen LogP contribution in [-0.4, -0.2) is 20.8 Å². The fraction of sp³-hybridized carbons (Fsp3) is 0.500. The van der Waals surface area contributed by atoms with Gasteiger partial charge in [-0.25, -0.2) is 0 Å². The Morgan fingerprint density at radius 3 is 2.35 bits per heavy atom. The minimum atomic E-state index is 0.0418. The van der Waals surface area contributed by atoms with Gasteiger partial charge in [-0.05, 0) is 49.9 Å². The standard InChI is InChI=1S/C16H24N4/c1-5-14-11(3)19-20(12(14)4)16(15(17)6-2)13-7-9-18-10-8-13/h7-10,15-16H,5-6,17H2,1-4H3. The number of nitrogens with two attached hydrogens (primary N) is 1. The summed E-state index contributed by atoms with van der Waals surface area (Å²) in [5.41, 5.74) is 11.2. The van der Waals surface area contributed by atoms with Crippen molar-refractivity contribution < 1.29 is 0 Å². The monoisotopic (exact) mass is 272 g/mol. The number of aromatic nitrogens is 3. The van der Waals surface area contributed by atoms with Crippen LogP contribution in [0.3, 0.4) is 0 Å². The molecule has 2 aromatic rings. The van der Waals surface area contributed by atoms with Gasteiger partial charge in [0.05, 0.1) is 11.7 Å². The largest absolute Gasteiger partial charge is 0.326 e. The zero-order chi connectivity index (χ0) is 14.7. The van der Waals surface area contributed by atoms with E-state index >= 15 is 0 Å². The summed E-state index contributed by atoms with van der Waals surface area (Å²) in [7, 11) is 0. The highest BCUT2D eigenvalue weighted by Gasteiger charge is 2.24. The van der Waals surface area contributed by atoms with Gasteiger partial charge in [0.1, 0.15) is 0 Å². The molecule has 0 aliphatic carbocycles. The Bertz CT molecular complexity index is 559.